The lowest BCUT2D eigenvalue weighted by molar-refractivity contribution is -0.150. The predicted molar refractivity (Wildman–Crippen MR) is 74.5 cm³/mol. The molecule has 0 aromatic heterocycles. The van der Waals surface area contributed by atoms with E-state index < -0.39 is 30.0 Å². The largest absolute Gasteiger partial charge is 0.282 e. The number of carbonyl (C=O) groups is 4. The molecular weight excluding hydrogens is 260 g/mol. The van der Waals surface area contributed by atoms with Crippen molar-refractivity contribution in [3.8, 4) is 0 Å². The van der Waals surface area contributed by atoms with Gasteiger partial charge in [0.05, 0.1) is 0 Å². The van der Waals surface area contributed by atoms with E-state index in [-0.39, 0.29) is 18.5 Å². The molecule has 114 valence electrons. The highest BCUT2D eigenvalue weighted by Crippen LogP contribution is 2.07. The number of rotatable bonds is 5. The summed E-state index contributed by atoms with van der Waals surface area (Å²) in [5, 5.41) is 0. The third-order valence-electron chi connectivity index (χ3n) is 2.66. The van der Waals surface area contributed by atoms with Crippen molar-refractivity contribution < 1.29 is 19.2 Å². The molecule has 0 bridgehead atoms. The summed E-state index contributed by atoms with van der Waals surface area (Å²) in [6.07, 6.45) is -0.468. The van der Waals surface area contributed by atoms with Crippen molar-refractivity contribution in [1.82, 2.24) is 9.80 Å². The number of amides is 4. The highest BCUT2D eigenvalue weighted by Gasteiger charge is 2.27. The monoisotopic (exact) mass is 284 g/mol. The van der Waals surface area contributed by atoms with E-state index in [1.54, 1.807) is 13.8 Å². The first-order valence-electron chi connectivity index (χ1n) is 6.71. The maximum atomic E-state index is 12.0. The Hall–Kier alpha value is -1.72. The summed E-state index contributed by atoms with van der Waals surface area (Å²) in [5.74, 6) is -1.82. The van der Waals surface area contributed by atoms with Crippen LogP contribution in [-0.2, 0) is 19.2 Å². The van der Waals surface area contributed by atoms with Crippen molar-refractivity contribution >= 4 is 23.6 Å². The van der Waals surface area contributed by atoms with E-state index in [9.17, 15) is 19.2 Å². The van der Waals surface area contributed by atoms with Crippen LogP contribution in [0.25, 0.3) is 0 Å². The van der Waals surface area contributed by atoms with Crippen LogP contribution in [0, 0.1) is 5.92 Å². The molecule has 0 atom stereocenters. The fraction of sp³-hybridized carbons (Fsp3) is 0.714. The Balaban J connectivity index is 4.91. The van der Waals surface area contributed by atoms with Crippen molar-refractivity contribution in [3.05, 3.63) is 0 Å². The Morgan fingerprint density at radius 2 is 1.35 bits per heavy atom. The summed E-state index contributed by atoms with van der Waals surface area (Å²) in [6, 6.07) is -0.316. The van der Waals surface area contributed by atoms with E-state index in [2.05, 4.69) is 0 Å². The van der Waals surface area contributed by atoms with Crippen LogP contribution in [0.3, 0.4) is 0 Å². The van der Waals surface area contributed by atoms with Crippen LogP contribution in [0.5, 0.6) is 0 Å². The van der Waals surface area contributed by atoms with Crippen molar-refractivity contribution in [2.75, 3.05) is 6.54 Å². The molecule has 0 fully saturated rings. The second-order valence-electron chi connectivity index (χ2n) is 5.47. The molecule has 0 heterocycles. The van der Waals surface area contributed by atoms with Gasteiger partial charge in [-0.1, -0.05) is 13.8 Å². The lowest BCUT2D eigenvalue weighted by Crippen LogP contribution is -2.45. The lowest BCUT2D eigenvalue weighted by Gasteiger charge is -2.25. The molecule has 0 aliphatic rings. The Morgan fingerprint density at radius 3 is 1.65 bits per heavy atom. The van der Waals surface area contributed by atoms with Gasteiger partial charge >= 0.3 is 0 Å². The normalized spacial score (nSPS) is 10.6. The summed E-state index contributed by atoms with van der Waals surface area (Å²) < 4.78 is 0. The average molecular weight is 284 g/mol. The minimum atomic E-state index is -0.576. The summed E-state index contributed by atoms with van der Waals surface area (Å²) in [4.78, 5) is 49.0. The Bertz CT molecular complexity index is 402. The SMILES string of the molecule is CC(=O)N(CC(C)C)C(=O)CC(=O)N(C(C)=O)C(C)C. The Kier molecular flexibility index (Phi) is 7.10. The topological polar surface area (TPSA) is 74.8 Å². The van der Waals surface area contributed by atoms with Crippen LogP contribution in [0.4, 0.5) is 0 Å². The van der Waals surface area contributed by atoms with Gasteiger partial charge in [0.2, 0.25) is 23.6 Å². The standard InChI is InChI=1S/C14H24N2O4/c1-9(2)8-15(11(5)17)13(19)7-14(20)16(10(3)4)12(6)18/h9-10H,7-8H2,1-6H3. The number of carbonyl (C=O) groups excluding carboxylic acids is 4. The van der Waals surface area contributed by atoms with Crippen LogP contribution in [0.1, 0.15) is 48.0 Å². The van der Waals surface area contributed by atoms with Gasteiger partial charge in [-0.3, -0.25) is 29.0 Å². The van der Waals surface area contributed by atoms with Gasteiger partial charge in [-0.25, -0.2) is 0 Å². The van der Waals surface area contributed by atoms with Gasteiger partial charge in [0.1, 0.15) is 6.42 Å². The second kappa shape index (κ2) is 7.77. The quantitative estimate of drug-likeness (QED) is 0.711. The van der Waals surface area contributed by atoms with Gasteiger partial charge in [-0.05, 0) is 19.8 Å². The molecule has 0 aliphatic carbocycles. The van der Waals surface area contributed by atoms with E-state index in [0.717, 1.165) is 9.80 Å². The zero-order valence-corrected chi connectivity index (χ0v) is 13.1. The zero-order valence-electron chi connectivity index (χ0n) is 13.1. The molecule has 0 aromatic rings. The predicted octanol–water partition coefficient (Wildman–Crippen LogP) is 1.19. The minimum absolute atomic E-state index is 0.118. The number of hydrogen-bond acceptors (Lipinski definition) is 4. The summed E-state index contributed by atoms with van der Waals surface area (Å²) >= 11 is 0. The zero-order chi connectivity index (χ0) is 16.0. The van der Waals surface area contributed by atoms with Gasteiger partial charge in [0, 0.05) is 26.4 Å². The van der Waals surface area contributed by atoms with E-state index >= 15 is 0 Å². The number of imide groups is 2. The molecule has 4 amide bonds. The molecule has 0 aliphatic heterocycles. The fourth-order valence-electron chi connectivity index (χ4n) is 1.91. The fourth-order valence-corrected chi connectivity index (χ4v) is 1.91. The first-order valence-corrected chi connectivity index (χ1v) is 6.71. The summed E-state index contributed by atoms with van der Waals surface area (Å²) in [6.45, 7) is 9.97. The van der Waals surface area contributed by atoms with Crippen molar-refractivity contribution in [1.29, 1.82) is 0 Å². The van der Waals surface area contributed by atoms with Crippen LogP contribution in [0.15, 0.2) is 0 Å². The van der Waals surface area contributed by atoms with Gasteiger partial charge in [-0.2, -0.15) is 0 Å². The van der Waals surface area contributed by atoms with Crippen LogP contribution in [0.2, 0.25) is 0 Å². The molecular formula is C14H24N2O4. The van der Waals surface area contributed by atoms with E-state index in [4.69, 9.17) is 0 Å². The lowest BCUT2D eigenvalue weighted by atomic mass is 10.2. The molecule has 0 aromatic carbocycles. The molecule has 0 radical (unpaired) electrons. The first-order chi connectivity index (χ1) is 9.07. The second-order valence-corrected chi connectivity index (χ2v) is 5.47. The van der Waals surface area contributed by atoms with E-state index in [1.807, 2.05) is 13.8 Å². The van der Waals surface area contributed by atoms with Gasteiger partial charge in [-0.15, -0.1) is 0 Å². The first kappa shape index (κ1) is 18.3. The van der Waals surface area contributed by atoms with E-state index in [1.165, 1.54) is 13.8 Å². The summed E-state index contributed by atoms with van der Waals surface area (Å²) in [7, 11) is 0. The molecule has 0 spiro atoms. The van der Waals surface area contributed by atoms with Crippen molar-refractivity contribution in [2.24, 2.45) is 5.92 Å². The molecule has 0 rings (SSSR count). The van der Waals surface area contributed by atoms with Crippen LogP contribution in [-0.4, -0.2) is 46.0 Å². The Morgan fingerprint density at radius 1 is 0.850 bits per heavy atom. The summed E-state index contributed by atoms with van der Waals surface area (Å²) in [5.41, 5.74) is 0. The number of hydrogen-bond donors (Lipinski definition) is 0. The third-order valence-corrected chi connectivity index (χ3v) is 2.66. The molecule has 20 heavy (non-hydrogen) atoms. The minimum Gasteiger partial charge on any atom is -0.282 e. The van der Waals surface area contributed by atoms with Crippen molar-refractivity contribution in [3.63, 3.8) is 0 Å². The van der Waals surface area contributed by atoms with Gasteiger partial charge in [0.25, 0.3) is 0 Å². The van der Waals surface area contributed by atoms with Crippen LogP contribution >= 0.6 is 0 Å². The number of nitrogens with zero attached hydrogens (tertiary/aromatic N) is 2. The van der Waals surface area contributed by atoms with Gasteiger partial charge < -0.3 is 0 Å². The maximum absolute atomic E-state index is 12.0. The van der Waals surface area contributed by atoms with Gasteiger partial charge in [0.15, 0.2) is 0 Å². The Labute approximate surface area is 120 Å². The van der Waals surface area contributed by atoms with E-state index in [0.29, 0.717) is 0 Å². The molecule has 6 nitrogen and oxygen atoms in total. The average Bonchev–Trinajstić information content (AvgIpc) is 2.23. The van der Waals surface area contributed by atoms with Crippen LogP contribution < -0.4 is 0 Å². The highest BCUT2D eigenvalue weighted by atomic mass is 16.2. The molecule has 0 unspecified atom stereocenters. The molecule has 0 saturated carbocycles. The van der Waals surface area contributed by atoms with Crippen molar-refractivity contribution in [2.45, 2.75) is 54.0 Å². The third kappa shape index (κ3) is 5.50. The molecule has 0 N–H and O–H groups in total. The highest BCUT2D eigenvalue weighted by molar-refractivity contribution is 6.07. The smallest absolute Gasteiger partial charge is 0.238 e. The molecule has 0 saturated heterocycles. The molecule has 6 heteroatoms. The maximum Gasteiger partial charge on any atom is 0.238 e.